The van der Waals surface area contributed by atoms with Crippen LogP contribution in [0.25, 0.3) is 0 Å². The zero-order chi connectivity index (χ0) is 19.9. The zero-order valence-electron chi connectivity index (χ0n) is 16.3. The van der Waals surface area contributed by atoms with E-state index in [2.05, 4.69) is 11.4 Å². The van der Waals surface area contributed by atoms with Gasteiger partial charge in [-0.2, -0.15) is 5.26 Å². The number of aliphatic hydroxyl groups excluding tert-OH is 1. The van der Waals surface area contributed by atoms with E-state index in [1.54, 1.807) is 29.2 Å². The number of likely N-dealkylation sites (tertiary alicyclic amines) is 1. The second-order valence-corrected chi connectivity index (χ2v) is 7.72. The molecule has 0 bridgehead atoms. The molecule has 0 spiro atoms. The van der Waals surface area contributed by atoms with E-state index in [0.29, 0.717) is 30.9 Å². The summed E-state index contributed by atoms with van der Waals surface area (Å²) in [5, 5.41) is 22.5. The predicted octanol–water partition coefficient (Wildman–Crippen LogP) is 2.29. The Kier molecular flexibility index (Phi) is 7.45. The van der Waals surface area contributed by atoms with Crippen LogP contribution in [0.1, 0.15) is 39.2 Å². The average molecular weight is 375 g/mol. The first-order valence-corrected chi connectivity index (χ1v) is 9.30. The maximum Gasteiger partial charge on any atom is 0.410 e. The molecule has 1 aliphatic heterocycles. The largest absolute Gasteiger partial charge is 0.489 e. The van der Waals surface area contributed by atoms with Crippen molar-refractivity contribution in [3.05, 3.63) is 29.8 Å². The molecule has 1 amide bonds. The van der Waals surface area contributed by atoms with Crippen molar-refractivity contribution in [1.29, 1.82) is 5.26 Å². The number of nitrogens with one attached hydrogen (secondary N) is 1. The first-order chi connectivity index (χ1) is 12.8. The van der Waals surface area contributed by atoms with Gasteiger partial charge in [0.1, 0.15) is 30.1 Å². The van der Waals surface area contributed by atoms with Crippen molar-refractivity contribution in [1.82, 2.24) is 10.2 Å². The van der Waals surface area contributed by atoms with Gasteiger partial charge in [-0.1, -0.05) is 12.1 Å². The van der Waals surface area contributed by atoms with E-state index in [-0.39, 0.29) is 18.7 Å². The molecule has 7 heteroatoms. The highest BCUT2D eigenvalue weighted by molar-refractivity contribution is 5.68. The summed E-state index contributed by atoms with van der Waals surface area (Å²) in [4.78, 5) is 13.8. The van der Waals surface area contributed by atoms with Gasteiger partial charge < -0.3 is 24.8 Å². The lowest BCUT2D eigenvalue weighted by Crippen LogP contribution is -2.48. The van der Waals surface area contributed by atoms with Gasteiger partial charge in [0.25, 0.3) is 0 Å². The zero-order valence-corrected chi connectivity index (χ0v) is 16.3. The Morgan fingerprint density at radius 2 is 2.04 bits per heavy atom. The Balaban J connectivity index is 1.67. The molecule has 2 rings (SSSR count). The molecule has 1 atom stereocenters. The lowest BCUT2D eigenvalue weighted by molar-refractivity contribution is 0.0192. The number of hydrogen-bond donors (Lipinski definition) is 2. The molecule has 0 aliphatic carbocycles. The maximum absolute atomic E-state index is 12.1. The fraction of sp³-hybridized carbons (Fsp3) is 0.600. The first-order valence-electron chi connectivity index (χ1n) is 9.30. The summed E-state index contributed by atoms with van der Waals surface area (Å²) in [6, 6.07) is 9.26. The van der Waals surface area contributed by atoms with Crippen LogP contribution < -0.4 is 10.1 Å². The predicted molar refractivity (Wildman–Crippen MR) is 101 cm³/mol. The van der Waals surface area contributed by atoms with Gasteiger partial charge in [-0.25, -0.2) is 4.79 Å². The quantitative estimate of drug-likeness (QED) is 0.792. The lowest BCUT2D eigenvalue weighted by Gasteiger charge is -2.34. The number of amides is 1. The molecule has 0 unspecified atom stereocenters. The van der Waals surface area contributed by atoms with Crippen LogP contribution in [0.3, 0.4) is 0 Å². The van der Waals surface area contributed by atoms with E-state index in [1.807, 2.05) is 20.8 Å². The third-order valence-corrected chi connectivity index (χ3v) is 4.23. The van der Waals surface area contributed by atoms with Crippen molar-refractivity contribution >= 4 is 6.09 Å². The van der Waals surface area contributed by atoms with E-state index in [0.717, 1.165) is 12.8 Å². The second kappa shape index (κ2) is 9.58. The van der Waals surface area contributed by atoms with Gasteiger partial charge in [-0.3, -0.25) is 0 Å². The summed E-state index contributed by atoms with van der Waals surface area (Å²) < 4.78 is 10.9. The van der Waals surface area contributed by atoms with Gasteiger partial charge in [0.2, 0.25) is 0 Å². The van der Waals surface area contributed by atoms with Gasteiger partial charge in [0.05, 0.1) is 5.56 Å². The fourth-order valence-corrected chi connectivity index (χ4v) is 2.83. The fourth-order valence-electron chi connectivity index (χ4n) is 2.83. The molecule has 1 aromatic carbocycles. The van der Waals surface area contributed by atoms with Crippen molar-refractivity contribution in [2.45, 2.75) is 51.4 Å². The molecule has 2 N–H and O–H groups in total. The van der Waals surface area contributed by atoms with Crippen LogP contribution in [0.2, 0.25) is 0 Å². The molecule has 148 valence electrons. The third kappa shape index (κ3) is 7.08. The highest BCUT2D eigenvalue weighted by Gasteiger charge is 2.26. The smallest absolute Gasteiger partial charge is 0.410 e. The SMILES string of the molecule is CC(C)(C)OC(=O)N1CCC(NC[C@H](O)COc2ccccc2C#N)CC1. The minimum absolute atomic E-state index is 0.114. The van der Waals surface area contributed by atoms with Gasteiger partial charge >= 0.3 is 6.09 Å². The van der Waals surface area contributed by atoms with Crippen LogP contribution in [0.4, 0.5) is 4.79 Å². The summed E-state index contributed by atoms with van der Waals surface area (Å²) in [5.74, 6) is 0.477. The molecular formula is C20H29N3O4. The number of benzene rings is 1. The van der Waals surface area contributed by atoms with Gasteiger partial charge in [-0.15, -0.1) is 0 Å². The molecule has 0 aromatic heterocycles. The number of carbonyl (C=O) groups is 1. The van der Waals surface area contributed by atoms with Crippen molar-refractivity contribution in [3.8, 4) is 11.8 Å². The number of hydrogen-bond acceptors (Lipinski definition) is 6. The summed E-state index contributed by atoms with van der Waals surface area (Å²) in [7, 11) is 0. The minimum atomic E-state index is -0.680. The molecule has 0 radical (unpaired) electrons. The highest BCUT2D eigenvalue weighted by atomic mass is 16.6. The molecule has 27 heavy (non-hydrogen) atoms. The summed E-state index contributed by atoms with van der Waals surface area (Å²) in [6.07, 6.45) is 0.667. The Morgan fingerprint density at radius 1 is 1.37 bits per heavy atom. The van der Waals surface area contributed by atoms with Gasteiger partial charge in [-0.05, 0) is 45.7 Å². The van der Waals surface area contributed by atoms with E-state index in [4.69, 9.17) is 14.7 Å². The lowest BCUT2D eigenvalue weighted by atomic mass is 10.1. The standard InChI is InChI=1S/C20H29N3O4/c1-20(2,3)27-19(25)23-10-8-16(9-11-23)22-13-17(24)14-26-18-7-5-4-6-15(18)12-21/h4-7,16-17,22,24H,8-11,13-14H2,1-3H3/t17-/m0/s1. The second-order valence-electron chi connectivity index (χ2n) is 7.72. The Hall–Kier alpha value is -2.30. The number of aliphatic hydroxyl groups is 1. The maximum atomic E-state index is 12.1. The van der Waals surface area contributed by atoms with E-state index in [1.165, 1.54) is 0 Å². The monoisotopic (exact) mass is 375 g/mol. The number of nitrogens with zero attached hydrogens (tertiary/aromatic N) is 2. The number of para-hydroxylation sites is 1. The Morgan fingerprint density at radius 3 is 2.67 bits per heavy atom. The molecule has 7 nitrogen and oxygen atoms in total. The third-order valence-electron chi connectivity index (χ3n) is 4.23. The van der Waals surface area contributed by atoms with Crippen LogP contribution >= 0.6 is 0 Å². The molecular weight excluding hydrogens is 346 g/mol. The van der Waals surface area contributed by atoms with Crippen LogP contribution in [0.15, 0.2) is 24.3 Å². The van der Waals surface area contributed by atoms with Crippen molar-refractivity contribution in [2.24, 2.45) is 0 Å². The Labute approximate surface area is 160 Å². The Bertz CT molecular complexity index is 658. The average Bonchev–Trinajstić information content (AvgIpc) is 2.64. The number of nitriles is 1. The molecule has 1 fully saturated rings. The molecule has 1 saturated heterocycles. The number of piperidine rings is 1. The number of carbonyl (C=O) groups excluding carboxylic acids is 1. The number of ether oxygens (including phenoxy) is 2. The van der Waals surface area contributed by atoms with Gasteiger partial charge in [0, 0.05) is 25.7 Å². The highest BCUT2D eigenvalue weighted by Crippen LogP contribution is 2.17. The van der Waals surface area contributed by atoms with E-state index in [9.17, 15) is 9.90 Å². The topological polar surface area (TPSA) is 94.8 Å². The van der Waals surface area contributed by atoms with Crippen LogP contribution in [0, 0.1) is 11.3 Å². The van der Waals surface area contributed by atoms with Gasteiger partial charge in [0.15, 0.2) is 0 Å². The molecule has 1 aliphatic rings. The molecule has 1 aromatic rings. The normalized spacial score (nSPS) is 16.5. The van der Waals surface area contributed by atoms with Crippen molar-refractivity contribution in [2.75, 3.05) is 26.2 Å². The number of rotatable bonds is 6. The van der Waals surface area contributed by atoms with Crippen molar-refractivity contribution < 1.29 is 19.4 Å². The molecule has 0 saturated carbocycles. The summed E-state index contributed by atoms with van der Waals surface area (Å²) in [6.45, 7) is 7.35. The summed E-state index contributed by atoms with van der Waals surface area (Å²) in [5.41, 5.74) is -0.0346. The van der Waals surface area contributed by atoms with E-state index < -0.39 is 11.7 Å². The summed E-state index contributed by atoms with van der Waals surface area (Å²) >= 11 is 0. The van der Waals surface area contributed by atoms with Crippen LogP contribution in [0.5, 0.6) is 5.75 Å². The van der Waals surface area contributed by atoms with Crippen LogP contribution in [-0.4, -0.2) is 60.1 Å². The van der Waals surface area contributed by atoms with Crippen LogP contribution in [-0.2, 0) is 4.74 Å². The minimum Gasteiger partial charge on any atom is -0.489 e. The first kappa shape index (κ1) is 21.0. The van der Waals surface area contributed by atoms with Crippen molar-refractivity contribution in [3.63, 3.8) is 0 Å². The molecule has 1 heterocycles. The van der Waals surface area contributed by atoms with E-state index >= 15 is 0 Å².